The van der Waals surface area contributed by atoms with Crippen molar-refractivity contribution in [3.63, 3.8) is 0 Å². The number of rotatable bonds is 2. The molecule has 0 N–H and O–H groups in total. The number of likely N-dealkylation sites (N-methyl/N-ethyl adjacent to an activating group) is 1. The molecule has 0 fully saturated rings. The van der Waals surface area contributed by atoms with Gasteiger partial charge in [-0.1, -0.05) is 12.1 Å². The number of benzene rings is 1. The zero-order valence-electron chi connectivity index (χ0n) is 11.1. The van der Waals surface area contributed by atoms with Crippen LogP contribution in [0.15, 0.2) is 34.7 Å². The lowest BCUT2D eigenvalue weighted by atomic mass is 9.95. The van der Waals surface area contributed by atoms with Crippen LogP contribution in [0.25, 0.3) is 0 Å². The van der Waals surface area contributed by atoms with Gasteiger partial charge in [0.05, 0.1) is 6.42 Å². The Morgan fingerprint density at radius 2 is 2.00 bits per heavy atom. The van der Waals surface area contributed by atoms with E-state index >= 15 is 0 Å². The fourth-order valence-corrected chi connectivity index (χ4v) is 2.37. The molecule has 0 radical (unpaired) electrons. The minimum Gasteiger partial charge on any atom is -0.441 e. The van der Waals surface area contributed by atoms with E-state index in [4.69, 9.17) is 16.0 Å². The molecular weight excluding hydrogens is 294 g/mol. The quantitative estimate of drug-likeness (QED) is 0.631. The van der Waals surface area contributed by atoms with Gasteiger partial charge in [-0.25, -0.2) is 0 Å². The highest BCUT2D eigenvalue weighted by molar-refractivity contribution is 6.29. The van der Waals surface area contributed by atoms with Crippen molar-refractivity contribution in [1.82, 2.24) is 4.90 Å². The predicted octanol–water partition coefficient (Wildman–Crippen LogP) is 2.32. The highest BCUT2D eigenvalue weighted by atomic mass is 35.5. The van der Waals surface area contributed by atoms with Gasteiger partial charge in [0, 0.05) is 18.2 Å². The van der Waals surface area contributed by atoms with Crippen molar-refractivity contribution < 1.29 is 18.8 Å². The Morgan fingerprint density at radius 3 is 2.67 bits per heavy atom. The third kappa shape index (κ3) is 2.25. The Balaban J connectivity index is 2.02. The maximum atomic E-state index is 12.3. The van der Waals surface area contributed by atoms with Crippen LogP contribution in [0.4, 0.5) is 0 Å². The number of furan rings is 1. The van der Waals surface area contributed by atoms with E-state index in [0.717, 1.165) is 4.90 Å². The van der Waals surface area contributed by atoms with Crippen LogP contribution in [-0.4, -0.2) is 29.5 Å². The van der Waals surface area contributed by atoms with Crippen LogP contribution in [0.3, 0.4) is 0 Å². The summed E-state index contributed by atoms with van der Waals surface area (Å²) in [5.41, 5.74) is 1.30. The summed E-state index contributed by atoms with van der Waals surface area (Å²) in [5.74, 6) is -0.928. The van der Waals surface area contributed by atoms with Crippen LogP contribution >= 0.6 is 11.6 Å². The molecule has 1 aliphatic heterocycles. The molecule has 2 aromatic rings. The van der Waals surface area contributed by atoms with E-state index in [-0.39, 0.29) is 29.1 Å². The highest BCUT2D eigenvalue weighted by Crippen LogP contribution is 2.23. The SMILES string of the molecule is CN1C(=O)Cc2ccc(C(=O)c3ccc(Cl)o3)cc2C1=O. The van der Waals surface area contributed by atoms with Gasteiger partial charge in [0.1, 0.15) is 0 Å². The summed E-state index contributed by atoms with van der Waals surface area (Å²) in [6.07, 6.45) is 0.151. The minimum atomic E-state index is -0.409. The molecule has 5 nitrogen and oxygen atoms in total. The van der Waals surface area contributed by atoms with Crippen molar-refractivity contribution in [1.29, 1.82) is 0 Å². The molecule has 1 aliphatic rings. The summed E-state index contributed by atoms with van der Waals surface area (Å²) in [5, 5.41) is 0.123. The third-order valence-corrected chi connectivity index (χ3v) is 3.62. The van der Waals surface area contributed by atoms with Gasteiger partial charge in [0.25, 0.3) is 5.91 Å². The number of halogens is 1. The number of nitrogens with zero attached hydrogens (tertiary/aromatic N) is 1. The first-order valence-corrected chi connectivity index (χ1v) is 6.59. The van der Waals surface area contributed by atoms with E-state index < -0.39 is 5.91 Å². The molecule has 0 saturated carbocycles. The fourth-order valence-electron chi connectivity index (χ4n) is 2.22. The zero-order valence-corrected chi connectivity index (χ0v) is 11.8. The number of fused-ring (bicyclic) bond motifs is 1. The summed E-state index contributed by atoms with van der Waals surface area (Å²) in [6, 6.07) is 7.63. The molecular formula is C15H10ClNO4. The Labute approximate surface area is 125 Å². The summed E-state index contributed by atoms with van der Waals surface area (Å²) in [6.45, 7) is 0. The molecule has 0 saturated heterocycles. The van der Waals surface area contributed by atoms with Crippen molar-refractivity contribution >= 4 is 29.2 Å². The molecule has 2 heterocycles. The predicted molar refractivity (Wildman–Crippen MR) is 74.4 cm³/mol. The van der Waals surface area contributed by atoms with Crippen LogP contribution in [0.2, 0.25) is 5.22 Å². The summed E-state index contributed by atoms with van der Waals surface area (Å²) >= 11 is 5.65. The molecule has 21 heavy (non-hydrogen) atoms. The molecule has 1 aromatic heterocycles. The van der Waals surface area contributed by atoms with Crippen LogP contribution in [0.5, 0.6) is 0 Å². The summed E-state index contributed by atoms with van der Waals surface area (Å²) < 4.78 is 5.08. The van der Waals surface area contributed by atoms with Gasteiger partial charge in [0.15, 0.2) is 11.0 Å². The van der Waals surface area contributed by atoms with E-state index in [1.165, 1.54) is 25.2 Å². The van der Waals surface area contributed by atoms with Gasteiger partial charge in [-0.3, -0.25) is 19.3 Å². The maximum absolute atomic E-state index is 12.3. The summed E-state index contributed by atoms with van der Waals surface area (Å²) in [4.78, 5) is 37.0. The van der Waals surface area contributed by atoms with E-state index in [2.05, 4.69) is 0 Å². The van der Waals surface area contributed by atoms with Crippen molar-refractivity contribution in [2.75, 3.05) is 7.05 Å². The smallest absolute Gasteiger partial charge is 0.260 e. The molecule has 3 rings (SSSR count). The first kappa shape index (κ1) is 13.6. The second kappa shape index (κ2) is 4.86. The number of amides is 2. The lowest BCUT2D eigenvalue weighted by Crippen LogP contribution is -2.39. The third-order valence-electron chi connectivity index (χ3n) is 3.42. The molecule has 0 spiro atoms. The van der Waals surface area contributed by atoms with Crippen molar-refractivity contribution in [2.45, 2.75) is 6.42 Å². The van der Waals surface area contributed by atoms with E-state index in [0.29, 0.717) is 16.7 Å². The maximum Gasteiger partial charge on any atom is 0.260 e. The fraction of sp³-hybridized carbons (Fsp3) is 0.133. The van der Waals surface area contributed by atoms with Crippen molar-refractivity contribution in [2.24, 2.45) is 0 Å². The standard InChI is InChI=1S/C15H10ClNO4/c1-17-13(18)7-8-2-3-9(6-10(8)15(17)20)14(19)11-4-5-12(16)21-11/h2-6H,7H2,1H3. The second-order valence-electron chi connectivity index (χ2n) is 4.74. The average molecular weight is 304 g/mol. The first-order valence-electron chi connectivity index (χ1n) is 6.21. The molecule has 106 valence electrons. The van der Waals surface area contributed by atoms with Crippen LogP contribution in [0, 0.1) is 0 Å². The minimum absolute atomic E-state index is 0.104. The molecule has 0 atom stereocenters. The molecule has 0 bridgehead atoms. The number of hydrogen-bond donors (Lipinski definition) is 0. The van der Waals surface area contributed by atoms with Crippen LogP contribution in [-0.2, 0) is 11.2 Å². The largest absolute Gasteiger partial charge is 0.441 e. The Kier molecular flexibility index (Phi) is 3.14. The molecule has 0 unspecified atom stereocenters. The Hall–Kier alpha value is -2.40. The van der Waals surface area contributed by atoms with E-state index in [1.54, 1.807) is 12.1 Å². The number of carbonyl (C=O) groups excluding carboxylic acids is 3. The van der Waals surface area contributed by atoms with Crippen LogP contribution < -0.4 is 0 Å². The van der Waals surface area contributed by atoms with Gasteiger partial charge in [-0.15, -0.1) is 0 Å². The van der Waals surface area contributed by atoms with E-state index in [9.17, 15) is 14.4 Å². The molecule has 6 heteroatoms. The molecule has 2 amide bonds. The van der Waals surface area contributed by atoms with Gasteiger partial charge < -0.3 is 4.42 Å². The van der Waals surface area contributed by atoms with E-state index in [1.807, 2.05) is 0 Å². The number of hydrogen-bond acceptors (Lipinski definition) is 4. The van der Waals surface area contributed by atoms with Crippen LogP contribution in [0.1, 0.15) is 32.0 Å². The lowest BCUT2D eigenvalue weighted by molar-refractivity contribution is -0.127. The lowest BCUT2D eigenvalue weighted by Gasteiger charge is -2.23. The van der Waals surface area contributed by atoms with Crippen molar-refractivity contribution in [3.05, 3.63) is 58.0 Å². The zero-order chi connectivity index (χ0) is 15.1. The second-order valence-corrected chi connectivity index (χ2v) is 5.11. The number of ketones is 1. The van der Waals surface area contributed by atoms with Gasteiger partial charge >= 0.3 is 0 Å². The van der Waals surface area contributed by atoms with Gasteiger partial charge in [-0.2, -0.15) is 0 Å². The first-order chi connectivity index (χ1) is 9.97. The molecule has 1 aromatic carbocycles. The summed E-state index contributed by atoms with van der Waals surface area (Å²) in [7, 11) is 1.43. The van der Waals surface area contributed by atoms with Gasteiger partial charge in [0.2, 0.25) is 11.7 Å². The normalized spacial score (nSPS) is 14.3. The van der Waals surface area contributed by atoms with Gasteiger partial charge in [-0.05, 0) is 35.4 Å². The Morgan fingerprint density at radius 1 is 1.24 bits per heavy atom. The Bertz CT molecular complexity index is 778. The monoisotopic (exact) mass is 303 g/mol. The molecule has 0 aliphatic carbocycles. The topological polar surface area (TPSA) is 67.6 Å². The highest BCUT2D eigenvalue weighted by Gasteiger charge is 2.29. The number of carbonyl (C=O) groups is 3. The van der Waals surface area contributed by atoms with Crippen molar-refractivity contribution in [3.8, 4) is 0 Å². The number of imide groups is 1. The average Bonchev–Trinajstić information content (AvgIpc) is 2.90.